The second kappa shape index (κ2) is 9.23. The van der Waals surface area contributed by atoms with E-state index in [9.17, 15) is 0 Å². The summed E-state index contributed by atoms with van der Waals surface area (Å²) in [6.45, 7) is 0.636. The predicted molar refractivity (Wildman–Crippen MR) is 114 cm³/mol. The van der Waals surface area contributed by atoms with E-state index in [-0.39, 0.29) is 6.01 Å². The van der Waals surface area contributed by atoms with Crippen LogP contribution < -0.4 is 14.8 Å². The minimum Gasteiger partial charge on any atom is -0.481 e. The van der Waals surface area contributed by atoms with Crippen LogP contribution in [-0.4, -0.2) is 50.7 Å². The number of hydrogen-bond donors (Lipinski definition) is 1. The minimum atomic E-state index is 0.215. The molecule has 0 saturated carbocycles. The van der Waals surface area contributed by atoms with Crippen molar-refractivity contribution >= 4 is 17.3 Å². The number of thiophene rings is 1. The molecule has 4 aromatic heterocycles. The van der Waals surface area contributed by atoms with Gasteiger partial charge in [-0.05, 0) is 11.4 Å². The van der Waals surface area contributed by atoms with E-state index in [0.717, 1.165) is 21.8 Å². The lowest BCUT2D eigenvalue weighted by atomic mass is 10.1. The molecule has 4 rings (SSSR count). The highest BCUT2D eigenvalue weighted by atomic mass is 32.1. The van der Waals surface area contributed by atoms with E-state index in [1.54, 1.807) is 49.3 Å². The Morgan fingerprint density at radius 3 is 2.70 bits per heavy atom. The zero-order valence-electron chi connectivity index (χ0n) is 16.4. The van der Waals surface area contributed by atoms with Crippen molar-refractivity contribution in [2.45, 2.75) is 6.42 Å². The molecule has 9 nitrogen and oxygen atoms in total. The first kappa shape index (κ1) is 19.6. The molecule has 0 amide bonds. The molecule has 4 aromatic rings. The fourth-order valence-electron chi connectivity index (χ4n) is 2.75. The number of nitrogens with one attached hydrogen (secondary N) is 1. The van der Waals surface area contributed by atoms with Crippen molar-refractivity contribution in [3.63, 3.8) is 0 Å². The zero-order valence-corrected chi connectivity index (χ0v) is 17.3. The molecule has 1 N–H and O–H groups in total. The van der Waals surface area contributed by atoms with Crippen LogP contribution in [0.4, 0.5) is 5.95 Å². The zero-order chi connectivity index (χ0) is 20.8. The average molecular weight is 421 g/mol. The molecule has 0 spiro atoms. The Bertz CT molecular complexity index is 1090. The molecule has 0 aliphatic heterocycles. The van der Waals surface area contributed by atoms with Crippen LogP contribution in [0.25, 0.3) is 21.8 Å². The van der Waals surface area contributed by atoms with Gasteiger partial charge in [0.1, 0.15) is 0 Å². The maximum absolute atomic E-state index is 5.28. The summed E-state index contributed by atoms with van der Waals surface area (Å²) >= 11 is 1.59. The second-order valence-corrected chi connectivity index (χ2v) is 7.04. The van der Waals surface area contributed by atoms with Crippen LogP contribution in [0.1, 0.15) is 5.69 Å². The summed E-state index contributed by atoms with van der Waals surface area (Å²) in [4.78, 5) is 27.2. The van der Waals surface area contributed by atoms with E-state index in [2.05, 4.69) is 30.2 Å². The fraction of sp³-hybridized carbons (Fsp3) is 0.200. The van der Waals surface area contributed by atoms with E-state index >= 15 is 0 Å². The Labute approximate surface area is 177 Å². The first-order valence-corrected chi connectivity index (χ1v) is 10.0. The van der Waals surface area contributed by atoms with Crippen molar-refractivity contribution in [2.75, 3.05) is 26.1 Å². The SMILES string of the molecule is COc1cc(-c2cnc(NCCc3cnccn3)nc2-c2cccs2)nc(OC)n1. The Kier molecular flexibility index (Phi) is 6.04. The molecule has 0 radical (unpaired) electrons. The maximum atomic E-state index is 5.28. The van der Waals surface area contributed by atoms with Gasteiger partial charge >= 0.3 is 6.01 Å². The molecule has 4 heterocycles. The highest BCUT2D eigenvalue weighted by Crippen LogP contribution is 2.34. The van der Waals surface area contributed by atoms with Gasteiger partial charge in [0, 0.05) is 49.4 Å². The van der Waals surface area contributed by atoms with Gasteiger partial charge in [-0.15, -0.1) is 11.3 Å². The van der Waals surface area contributed by atoms with Crippen molar-refractivity contribution in [2.24, 2.45) is 0 Å². The number of rotatable bonds is 8. The predicted octanol–water partition coefficient (Wildman–Crippen LogP) is 3.12. The monoisotopic (exact) mass is 421 g/mol. The molecule has 0 bridgehead atoms. The summed E-state index contributed by atoms with van der Waals surface area (Å²) in [5.74, 6) is 0.930. The smallest absolute Gasteiger partial charge is 0.320 e. The van der Waals surface area contributed by atoms with Gasteiger partial charge in [0.15, 0.2) is 0 Å². The molecule has 0 aromatic carbocycles. The normalized spacial score (nSPS) is 10.6. The lowest BCUT2D eigenvalue weighted by Gasteiger charge is -2.11. The quantitative estimate of drug-likeness (QED) is 0.459. The summed E-state index contributed by atoms with van der Waals surface area (Å²) in [6.07, 6.45) is 7.54. The van der Waals surface area contributed by atoms with Crippen LogP contribution in [0, 0.1) is 0 Å². The molecular weight excluding hydrogens is 402 g/mol. The lowest BCUT2D eigenvalue weighted by molar-refractivity contribution is 0.353. The second-order valence-electron chi connectivity index (χ2n) is 6.09. The molecule has 0 aliphatic carbocycles. The Morgan fingerprint density at radius 1 is 1.03 bits per heavy atom. The Balaban J connectivity index is 1.65. The summed E-state index contributed by atoms with van der Waals surface area (Å²) in [7, 11) is 3.06. The number of methoxy groups -OCH3 is 2. The van der Waals surface area contributed by atoms with Gasteiger partial charge < -0.3 is 14.8 Å². The van der Waals surface area contributed by atoms with E-state index in [1.807, 2.05) is 17.5 Å². The molecular formula is C20H19N7O2S. The number of hydrogen-bond acceptors (Lipinski definition) is 10. The van der Waals surface area contributed by atoms with Crippen molar-refractivity contribution in [3.05, 3.63) is 54.1 Å². The van der Waals surface area contributed by atoms with Gasteiger partial charge in [-0.1, -0.05) is 6.07 Å². The van der Waals surface area contributed by atoms with Gasteiger partial charge in [-0.25, -0.2) is 9.97 Å². The maximum Gasteiger partial charge on any atom is 0.320 e. The third kappa shape index (κ3) is 4.49. The highest BCUT2D eigenvalue weighted by molar-refractivity contribution is 7.13. The highest BCUT2D eigenvalue weighted by Gasteiger charge is 2.16. The average Bonchev–Trinajstić information content (AvgIpc) is 3.34. The van der Waals surface area contributed by atoms with Crippen LogP contribution in [0.15, 0.2) is 48.4 Å². The molecule has 152 valence electrons. The minimum absolute atomic E-state index is 0.215. The number of ether oxygens (including phenoxy) is 2. The molecule has 30 heavy (non-hydrogen) atoms. The van der Waals surface area contributed by atoms with Gasteiger partial charge in [0.05, 0.1) is 36.2 Å². The first-order valence-electron chi connectivity index (χ1n) is 9.14. The van der Waals surface area contributed by atoms with E-state index in [1.165, 1.54) is 7.11 Å². The largest absolute Gasteiger partial charge is 0.481 e. The van der Waals surface area contributed by atoms with Crippen molar-refractivity contribution in [3.8, 4) is 33.7 Å². The summed E-state index contributed by atoms with van der Waals surface area (Å²) in [5, 5.41) is 5.26. The molecule has 10 heteroatoms. The Morgan fingerprint density at radius 2 is 1.97 bits per heavy atom. The van der Waals surface area contributed by atoms with E-state index < -0.39 is 0 Å². The molecule has 0 aliphatic rings. The van der Waals surface area contributed by atoms with Gasteiger partial charge in [0.2, 0.25) is 11.8 Å². The third-order valence-corrected chi connectivity index (χ3v) is 5.05. The molecule has 0 unspecified atom stereocenters. The van der Waals surface area contributed by atoms with Gasteiger partial charge in [-0.2, -0.15) is 9.97 Å². The Hall–Kier alpha value is -3.66. The van der Waals surface area contributed by atoms with Crippen LogP contribution in [0.5, 0.6) is 11.9 Å². The van der Waals surface area contributed by atoms with Crippen LogP contribution >= 0.6 is 11.3 Å². The van der Waals surface area contributed by atoms with E-state index in [4.69, 9.17) is 14.5 Å². The van der Waals surface area contributed by atoms with Crippen LogP contribution in [0.3, 0.4) is 0 Å². The summed E-state index contributed by atoms with van der Waals surface area (Å²) < 4.78 is 10.5. The topological polar surface area (TPSA) is 108 Å². The van der Waals surface area contributed by atoms with Crippen molar-refractivity contribution in [1.29, 1.82) is 0 Å². The standard InChI is InChI=1S/C20H19N7O2S/c1-28-17-10-15(25-20(26-17)29-2)14-12-24-19(27-18(14)16-4-3-9-30-16)23-6-5-13-11-21-7-8-22-13/h3-4,7-12H,5-6H2,1-2H3,(H,23,24,27). The van der Waals surface area contributed by atoms with Crippen molar-refractivity contribution in [1.82, 2.24) is 29.9 Å². The van der Waals surface area contributed by atoms with Crippen LogP contribution in [-0.2, 0) is 6.42 Å². The summed E-state index contributed by atoms with van der Waals surface area (Å²) in [5.41, 5.74) is 3.05. The molecule has 0 fully saturated rings. The molecule has 0 saturated heterocycles. The first-order chi connectivity index (χ1) is 14.8. The number of anilines is 1. The molecule has 0 atom stereocenters. The summed E-state index contributed by atoms with van der Waals surface area (Å²) in [6, 6.07) is 5.94. The lowest BCUT2D eigenvalue weighted by Crippen LogP contribution is -2.09. The number of aromatic nitrogens is 6. The fourth-order valence-corrected chi connectivity index (χ4v) is 3.48. The third-order valence-electron chi connectivity index (χ3n) is 4.17. The van der Waals surface area contributed by atoms with Crippen molar-refractivity contribution < 1.29 is 9.47 Å². The number of nitrogens with zero attached hydrogens (tertiary/aromatic N) is 6. The van der Waals surface area contributed by atoms with E-state index in [0.29, 0.717) is 30.5 Å². The van der Waals surface area contributed by atoms with Crippen LogP contribution in [0.2, 0.25) is 0 Å². The van der Waals surface area contributed by atoms with Gasteiger partial charge in [-0.3, -0.25) is 9.97 Å². The van der Waals surface area contributed by atoms with Gasteiger partial charge in [0.25, 0.3) is 0 Å².